The molecule has 0 saturated carbocycles. The third kappa shape index (κ3) is 4.01. The SMILES string of the molecule is CN(C)C(CNC1CCSCC1)c1ccccc1. The molecule has 1 atom stereocenters. The van der Waals surface area contributed by atoms with Gasteiger partial charge in [-0.1, -0.05) is 30.3 Å². The van der Waals surface area contributed by atoms with Crippen LogP contribution in [0.5, 0.6) is 0 Å². The number of nitrogens with zero attached hydrogens (tertiary/aromatic N) is 1. The van der Waals surface area contributed by atoms with E-state index >= 15 is 0 Å². The number of hydrogen-bond donors (Lipinski definition) is 1. The van der Waals surface area contributed by atoms with E-state index in [1.54, 1.807) is 0 Å². The third-order valence-corrected chi connectivity index (χ3v) is 4.68. The van der Waals surface area contributed by atoms with Crippen molar-refractivity contribution in [2.75, 3.05) is 32.1 Å². The molecule has 0 aliphatic carbocycles. The van der Waals surface area contributed by atoms with E-state index in [4.69, 9.17) is 0 Å². The van der Waals surface area contributed by atoms with E-state index in [0.717, 1.165) is 12.6 Å². The topological polar surface area (TPSA) is 15.3 Å². The molecule has 1 N–H and O–H groups in total. The number of hydrogen-bond acceptors (Lipinski definition) is 3. The lowest BCUT2D eigenvalue weighted by atomic mass is 10.0. The maximum absolute atomic E-state index is 3.75. The second-order valence-electron chi connectivity index (χ2n) is 5.18. The maximum atomic E-state index is 3.75. The largest absolute Gasteiger partial charge is 0.312 e. The van der Waals surface area contributed by atoms with Gasteiger partial charge in [-0.15, -0.1) is 0 Å². The Bertz CT molecular complexity index is 334. The van der Waals surface area contributed by atoms with Gasteiger partial charge in [0.25, 0.3) is 0 Å². The molecule has 1 aliphatic rings. The summed E-state index contributed by atoms with van der Waals surface area (Å²) in [7, 11) is 4.33. The summed E-state index contributed by atoms with van der Waals surface area (Å²) in [6.07, 6.45) is 2.64. The molecule has 1 aromatic carbocycles. The van der Waals surface area contributed by atoms with E-state index in [-0.39, 0.29) is 0 Å². The van der Waals surface area contributed by atoms with Gasteiger partial charge in [0.1, 0.15) is 0 Å². The lowest BCUT2D eigenvalue weighted by Gasteiger charge is -2.29. The molecule has 18 heavy (non-hydrogen) atoms. The summed E-state index contributed by atoms with van der Waals surface area (Å²) >= 11 is 2.09. The van der Waals surface area contributed by atoms with Crippen LogP contribution >= 0.6 is 11.8 Å². The minimum atomic E-state index is 0.473. The minimum Gasteiger partial charge on any atom is -0.312 e. The fourth-order valence-electron chi connectivity index (χ4n) is 2.45. The van der Waals surface area contributed by atoms with E-state index in [2.05, 4.69) is 66.4 Å². The highest BCUT2D eigenvalue weighted by Gasteiger charge is 2.17. The fourth-order valence-corrected chi connectivity index (χ4v) is 3.56. The summed E-state index contributed by atoms with van der Waals surface area (Å²) in [6.45, 7) is 1.05. The van der Waals surface area contributed by atoms with Crippen LogP contribution in [0, 0.1) is 0 Å². The lowest BCUT2D eigenvalue weighted by Crippen LogP contribution is -2.38. The average Bonchev–Trinajstić information content (AvgIpc) is 2.41. The number of rotatable bonds is 5. The van der Waals surface area contributed by atoms with Gasteiger partial charge in [0.15, 0.2) is 0 Å². The summed E-state index contributed by atoms with van der Waals surface area (Å²) in [5.41, 5.74) is 1.40. The van der Waals surface area contributed by atoms with Crippen molar-refractivity contribution in [3.8, 4) is 0 Å². The highest BCUT2D eigenvalue weighted by molar-refractivity contribution is 7.99. The van der Waals surface area contributed by atoms with Gasteiger partial charge in [-0.2, -0.15) is 11.8 Å². The van der Waals surface area contributed by atoms with Gasteiger partial charge >= 0.3 is 0 Å². The number of likely N-dealkylation sites (N-methyl/N-ethyl adjacent to an activating group) is 1. The first-order valence-electron chi connectivity index (χ1n) is 6.80. The molecule has 1 fully saturated rings. The van der Waals surface area contributed by atoms with Crippen molar-refractivity contribution in [3.63, 3.8) is 0 Å². The number of thioether (sulfide) groups is 1. The molecule has 100 valence electrons. The van der Waals surface area contributed by atoms with Crippen molar-refractivity contribution in [3.05, 3.63) is 35.9 Å². The van der Waals surface area contributed by atoms with E-state index in [0.29, 0.717) is 6.04 Å². The zero-order valence-electron chi connectivity index (χ0n) is 11.4. The Balaban J connectivity index is 1.90. The van der Waals surface area contributed by atoms with Gasteiger partial charge in [-0.3, -0.25) is 0 Å². The molecule has 1 aromatic rings. The fraction of sp³-hybridized carbons (Fsp3) is 0.600. The number of nitrogens with one attached hydrogen (secondary N) is 1. The first kappa shape index (κ1) is 13.9. The second kappa shape index (κ2) is 7.17. The van der Waals surface area contributed by atoms with Crippen LogP contribution in [0.2, 0.25) is 0 Å². The monoisotopic (exact) mass is 264 g/mol. The van der Waals surface area contributed by atoms with Crippen LogP contribution < -0.4 is 5.32 Å². The summed E-state index contributed by atoms with van der Waals surface area (Å²) in [6, 6.07) is 12.0. The molecule has 3 heteroatoms. The molecular formula is C15H24N2S. The average molecular weight is 264 g/mol. The molecular weight excluding hydrogens is 240 g/mol. The predicted molar refractivity (Wildman–Crippen MR) is 81.2 cm³/mol. The van der Waals surface area contributed by atoms with Crippen LogP contribution in [-0.4, -0.2) is 43.1 Å². The van der Waals surface area contributed by atoms with Crippen LogP contribution in [0.25, 0.3) is 0 Å². The summed E-state index contributed by atoms with van der Waals surface area (Å²) in [5.74, 6) is 2.63. The van der Waals surface area contributed by atoms with Crippen molar-refractivity contribution >= 4 is 11.8 Å². The zero-order chi connectivity index (χ0) is 12.8. The van der Waals surface area contributed by atoms with Crippen molar-refractivity contribution < 1.29 is 0 Å². The Labute approximate surface area is 115 Å². The van der Waals surface area contributed by atoms with E-state index < -0.39 is 0 Å². The molecule has 1 aliphatic heterocycles. The number of benzene rings is 1. The van der Waals surface area contributed by atoms with E-state index in [1.165, 1.54) is 29.9 Å². The van der Waals surface area contributed by atoms with Gasteiger partial charge in [-0.25, -0.2) is 0 Å². The Morgan fingerprint density at radius 3 is 2.50 bits per heavy atom. The van der Waals surface area contributed by atoms with Gasteiger partial charge in [0.05, 0.1) is 0 Å². The standard InChI is InChI=1S/C15H24N2S/c1-17(2)15(13-6-4-3-5-7-13)12-16-14-8-10-18-11-9-14/h3-7,14-16H,8-12H2,1-2H3. The van der Waals surface area contributed by atoms with Crippen LogP contribution in [0.15, 0.2) is 30.3 Å². The van der Waals surface area contributed by atoms with Gasteiger partial charge < -0.3 is 10.2 Å². The smallest absolute Gasteiger partial charge is 0.0466 e. The van der Waals surface area contributed by atoms with Gasteiger partial charge in [0, 0.05) is 18.6 Å². The first-order chi connectivity index (χ1) is 8.77. The normalized spacial score (nSPS) is 19.1. The Kier molecular flexibility index (Phi) is 5.54. The molecule has 0 amide bonds. The summed E-state index contributed by atoms with van der Waals surface area (Å²) in [4.78, 5) is 2.31. The van der Waals surface area contributed by atoms with Crippen molar-refractivity contribution in [2.45, 2.75) is 24.9 Å². The highest BCUT2D eigenvalue weighted by Crippen LogP contribution is 2.20. The Morgan fingerprint density at radius 2 is 1.89 bits per heavy atom. The Hall–Kier alpha value is -0.510. The molecule has 0 aromatic heterocycles. The second-order valence-corrected chi connectivity index (χ2v) is 6.41. The maximum Gasteiger partial charge on any atom is 0.0466 e. The first-order valence-corrected chi connectivity index (χ1v) is 7.95. The van der Waals surface area contributed by atoms with Crippen LogP contribution in [0.3, 0.4) is 0 Å². The van der Waals surface area contributed by atoms with Crippen LogP contribution in [-0.2, 0) is 0 Å². The zero-order valence-corrected chi connectivity index (χ0v) is 12.2. The quantitative estimate of drug-likeness (QED) is 0.880. The summed E-state index contributed by atoms with van der Waals surface area (Å²) < 4.78 is 0. The lowest BCUT2D eigenvalue weighted by molar-refractivity contribution is 0.276. The molecule has 0 spiro atoms. The van der Waals surface area contributed by atoms with E-state index in [9.17, 15) is 0 Å². The van der Waals surface area contributed by atoms with E-state index in [1.807, 2.05) is 0 Å². The van der Waals surface area contributed by atoms with Crippen molar-refractivity contribution in [1.29, 1.82) is 0 Å². The highest BCUT2D eigenvalue weighted by atomic mass is 32.2. The molecule has 0 bridgehead atoms. The minimum absolute atomic E-state index is 0.473. The molecule has 1 heterocycles. The van der Waals surface area contributed by atoms with Crippen molar-refractivity contribution in [2.24, 2.45) is 0 Å². The van der Waals surface area contributed by atoms with Crippen molar-refractivity contribution in [1.82, 2.24) is 10.2 Å². The van der Waals surface area contributed by atoms with Crippen LogP contribution in [0.1, 0.15) is 24.4 Å². The summed E-state index contributed by atoms with van der Waals surface area (Å²) in [5, 5.41) is 3.75. The third-order valence-electron chi connectivity index (χ3n) is 3.63. The van der Waals surface area contributed by atoms with Gasteiger partial charge in [-0.05, 0) is 44.0 Å². The Morgan fingerprint density at radius 1 is 1.22 bits per heavy atom. The van der Waals surface area contributed by atoms with Gasteiger partial charge in [0.2, 0.25) is 0 Å². The molecule has 1 unspecified atom stereocenters. The predicted octanol–water partition coefficient (Wildman–Crippen LogP) is 2.77. The molecule has 0 radical (unpaired) electrons. The molecule has 2 nitrogen and oxygen atoms in total. The van der Waals surface area contributed by atoms with Crippen LogP contribution in [0.4, 0.5) is 0 Å². The molecule has 1 saturated heterocycles. The molecule has 2 rings (SSSR count).